The van der Waals surface area contributed by atoms with E-state index in [4.69, 9.17) is 4.74 Å². The summed E-state index contributed by atoms with van der Waals surface area (Å²) in [5.74, 6) is -2.09. The van der Waals surface area contributed by atoms with Crippen LogP contribution in [0.4, 0.5) is 0 Å². The number of methoxy groups -OCH3 is 1. The minimum Gasteiger partial charge on any atom is -0.469 e. The van der Waals surface area contributed by atoms with Crippen LogP contribution in [0.25, 0.3) is 0 Å². The molecule has 98 valence electrons. The topological polar surface area (TPSA) is 72.8 Å². The van der Waals surface area contributed by atoms with Gasteiger partial charge in [0.05, 0.1) is 25.0 Å². The predicted molar refractivity (Wildman–Crippen MR) is 60.1 cm³/mol. The third-order valence-corrected chi connectivity index (χ3v) is 2.75. The second kappa shape index (κ2) is 5.04. The minimum absolute atomic E-state index is 0.259. The number of carbonyl (C=O) groups is 2. The molecule has 3 atom stereocenters. The lowest BCUT2D eigenvalue weighted by Crippen LogP contribution is -2.33. The summed E-state index contributed by atoms with van der Waals surface area (Å²) in [6.07, 6.45) is -0.123. The fraction of sp³-hybridized carbons (Fsp3) is 0.833. The van der Waals surface area contributed by atoms with Crippen LogP contribution >= 0.6 is 0 Å². The fourth-order valence-corrected chi connectivity index (χ4v) is 2.06. The number of ether oxygens (including phenoxy) is 2. The van der Waals surface area contributed by atoms with Crippen LogP contribution in [0.2, 0.25) is 0 Å². The van der Waals surface area contributed by atoms with E-state index in [0.29, 0.717) is 0 Å². The molecule has 5 nitrogen and oxygen atoms in total. The predicted octanol–water partition coefficient (Wildman–Crippen LogP) is 0.888. The first-order chi connectivity index (χ1) is 7.74. The lowest BCUT2D eigenvalue weighted by molar-refractivity contribution is -0.166. The monoisotopic (exact) mass is 244 g/mol. The summed E-state index contributed by atoms with van der Waals surface area (Å²) in [6, 6.07) is 0. The third-order valence-electron chi connectivity index (χ3n) is 2.75. The average molecular weight is 244 g/mol. The Hall–Kier alpha value is -1.10. The van der Waals surface area contributed by atoms with Crippen molar-refractivity contribution in [3.8, 4) is 0 Å². The largest absolute Gasteiger partial charge is 0.469 e. The van der Waals surface area contributed by atoms with Crippen LogP contribution in [0.1, 0.15) is 33.6 Å². The Bertz CT molecular complexity index is 305. The SMILES string of the molecule is COC(=O)[C@@H]1C[C@H](O)CC1C(=O)OC(C)(C)C. The lowest BCUT2D eigenvalue weighted by Gasteiger charge is -2.23. The molecule has 1 N–H and O–H groups in total. The summed E-state index contributed by atoms with van der Waals surface area (Å²) in [6.45, 7) is 5.30. The Morgan fingerprint density at radius 1 is 1.12 bits per heavy atom. The van der Waals surface area contributed by atoms with Gasteiger partial charge in [-0.1, -0.05) is 0 Å². The van der Waals surface area contributed by atoms with E-state index < -0.39 is 35.5 Å². The van der Waals surface area contributed by atoms with E-state index in [9.17, 15) is 14.7 Å². The second-order valence-corrected chi connectivity index (χ2v) is 5.39. The van der Waals surface area contributed by atoms with Gasteiger partial charge in [-0.05, 0) is 33.6 Å². The van der Waals surface area contributed by atoms with Crippen molar-refractivity contribution in [3.05, 3.63) is 0 Å². The quantitative estimate of drug-likeness (QED) is 0.730. The molecule has 5 heteroatoms. The zero-order valence-corrected chi connectivity index (χ0v) is 10.7. The molecule has 0 saturated heterocycles. The van der Waals surface area contributed by atoms with Gasteiger partial charge in [-0.15, -0.1) is 0 Å². The standard InChI is InChI=1S/C12H20O5/c1-12(2,3)17-11(15)9-6-7(13)5-8(9)10(14)16-4/h7-9,13H,5-6H2,1-4H3/t7-,8+,9?/m0/s1. The van der Waals surface area contributed by atoms with Crippen LogP contribution in [0, 0.1) is 11.8 Å². The molecule has 0 amide bonds. The number of hydrogen-bond acceptors (Lipinski definition) is 5. The van der Waals surface area contributed by atoms with Gasteiger partial charge in [0, 0.05) is 0 Å². The summed E-state index contributed by atoms with van der Waals surface area (Å²) in [5, 5.41) is 9.55. The molecular weight excluding hydrogens is 224 g/mol. The Balaban J connectivity index is 2.73. The van der Waals surface area contributed by atoms with Crippen LogP contribution < -0.4 is 0 Å². The highest BCUT2D eigenvalue weighted by Gasteiger charge is 2.44. The van der Waals surface area contributed by atoms with E-state index in [1.54, 1.807) is 20.8 Å². The number of esters is 2. The third kappa shape index (κ3) is 3.70. The van der Waals surface area contributed by atoms with Gasteiger partial charge in [-0.3, -0.25) is 9.59 Å². The van der Waals surface area contributed by atoms with E-state index in [1.807, 2.05) is 0 Å². The molecule has 0 aliphatic heterocycles. The minimum atomic E-state index is -0.642. The molecular formula is C12H20O5. The Kier molecular flexibility index (Phi) is 4.14. The molecule has 1 aliphatic rings. The van der Waals surface area contributed by atoms with Gasteiger partial charge in [-0.25, -0.2) is 0 Å². The van der Waals surface area contributed by atoms with Crippen molar-refractivity contribution >= 4 is 11.9 Å². The van der Waals surface area contributed by atoms with E-state index in [0.717, 1.165) is 0 Å². The van der Waals surface area contributed by atoms with Crippen molar-refractivity contribution in [2.45, 2.75) is 45.3 Å². The van der Waals surface area contributed by atoms with Crippen molar-refractivity contribution in [1.29, 1.82) is 0 Å². The normalized spacial score (nSPS) is 28.9. The zero-order valence-electron chi connectivity index (χ0n) is 10.7. The Labute approximate surface area is 101 Å². The average Bonchev–Trinajstić information content (AvgIpc) is 2.56. The molecule has 0 aromatic heterocycles. The van der Waals surface area contributed by atoms with Crippen molar-refractivity contribution < 1.29 is 24.2 Å². The highest BCUT2D eigenvalue weighted by Crippen LogP contribution is 2.34. The fourth-order valence-electron chi connectivity index (χ4n) is 2.06. The highest BCUT2D eigenvalue weighted by molar-refractivity contribution is 5.83. The molecule has 0 aromatic carbocycles. The Morgan fingerprint density at radius 3 is 2.00 bits per heavy atom. The molecule has 0 spiro atoms. The molecule has 0 radical (unpaired) electrons. The number of hydrogen-bond donors (Lipinski definition) is 1. The van der Waals surface area contributed by atoms with Crippen LogP contribution in [0.15, 0.2) is 0 Å². The first-order valence-electron chi connectivity index (χ1n) is 5.73. The zero-order chi connectivity index (χ0) is 13.2. The lowest BCUT2D eigenvalue weighted by atomic mass is 9.96. The van der Waals surface area contributed by atoms with Crippen molar-refractivity contribution in [1.82, 2.24) is 0 Å². The van der Waals surface area contributed by atoms with Gasteiger partial charge in [0.25, 0.3) is 0 Å². The maximum absolute atomic E-state index is 11.9. The molecule has 1 fully saturated rings. The number of aliphatic hydroxyl groups excluding tert-OH is 1. The molecule has 17 heavy (non-hydrogen) atoms. The Morgan fingerprint density at radius 2 is 1.59 bits per heavy atom. The van der Waals surface area contributed by atoms with Gasteiger partial charge in [0.15, 0.2) is 0 Å². The van der Waals surface area contributed by atoms with Crippen LogP contribution in [0.5, 0.6) is 0 Å². The summed E-state index contributed by atoms with van der Waals surface area (Å²) in [4.78, 5) is 23.4. The summed E-state index contributed by atoms with van der Waals surface area (Å²) in [7, 11) is 1.28. The molecule has 0 heterocycles. The van der Waals surface area contributed by atoms with Crippen molar-refractivity contribution in [2.24, 2.45) is 11.8 Å². The van der Waals surface area contributed by atoms with Gasteiger partial charge >= 0.3 is 11.9 Å². The van der Waals surface area contributed by atoms with Crippen LogP contribution in [0.3, 0.4) is 0 Å². The molecule has 0 bridgehead atoms. The maximum atomic E-state index is 11.9. The smallest absolute Gasteiger partial charge is 0.310 e. The van der Waals surface area contributed by atoms with Gasteiger partial charge in [0.1, 0.15) is 5.60 Å². The van der Waals surface area contributed by atoms with Crippen molar-refractivity contribution in [2.75, 3.05) is 7.11 Å². The summed E-state index contributed by atoms with van der Waals surface area (Å²) in [5.41, 5.74) is -0.592. The van der Waals surface area contributed by atoms with Gasteiger partial charge < -0.3 is 14.6 Å². The van der Waals surface area contributed by atoms with Gasteiger partial charge in [0.2, 0.25) is 0 Å². The molecule has 0 aromatic rings. The number of aliphatic hydroxyl groups is 1. The summed E-state index contributed by atoms with van der Waals surface area (Å²) < 4.78 is 9.87. The second-order valence-electron chi connectivity index (χ2n) is 5.39. The molecule has 1 rings (SSSR count). The van der Waals surface area contributed by atoms with E-state index >= 15 is 0 Å². The molecule has 1 saturated carbocycles. The number of rotatable bonds is 2. The molecule has 1 aliphatic carbocycles. The molecule has 1 unspecified atom stereocenters. The maximum Gasteiger partial charge on any atom is 0.310 e. The van der Waals surface area contributed by atoms with Gasteiger partial charge in [-0.2, -0.15) is 0 Å². The van der Waals surface area contributed by atoms with E-state index in [1.165, 1.54) is 7.11 Å². The van der Waals surface area contributed by atoms with E-state index in [2.05, 4.69) is 4.74 Å². The first kappa shape index (κ1) is 14.0. The van der Waals surface area contributed by atoms with Crippen LogP contribution in [-0.4, -0.2) is 35.9 Å². The highest BCUT2D eigenvalue weighted by atomic mass is 16.6. The van der Waals surface area contributed by atoms with E-state index in [-0.39, 0.29) is 12.8 Å². The number of carbonyl (C=O) groups excluding carboxylic acids is 2. The van der Waals surface area contributed by atoms with Crippen molar-refractivity contribution in [3.63, 3.8) is 0 Å². The summed E-state index contributed by atoms with van der Waals surface area (Å²) >= 11 is 0. The first-order valence-corrected chi connectivity index (χ1v) is 5.73. The van der Waals surface area contributed by atoms with Crippen LogP contribution in [-0.2, 0) is 19.1 Å².